The van der Waals surface area contributed by atoms with Gasteiger partial charge in [-0.2, -0.15) is 4.31 Å². The molecule has 8 heteroatoms. The number of carboxylic acids is 1. The molecule has 156 valence electrons. The van der Waals surface area contributed by atoms with Crippen molar-refractivity contribution in [1.29, 1.82) is 0 Å². The molecule has 3 aromatic rings. The lowest BCUT2D eigenvalue weighted by molar-refractivity contribution is -0.141. The Labute approximate surface area is 180 Å². The van der Waals surface area contributed by atoms with E-state index in [1.807, 2.05) is 18.2 Å². The van der Waals surface area contributed by atoms with Crippen LogP contribution in [0.3, 0.4) is 0 Å². The second kappa shape index (κ2) is 9.30. The summed E-state index contributed by atoms with van der Waals surface area (Å²) in [5.74, 6) is -0.198. The predicted octanol–water partition coefficient (Wildman–Crippen LogP) is 4.45. The highest BCUT2D eigenvalue weighted by atomic mass is 35.5. The molecule has 0 bridgehead atoms. The smallest absolute Gasteiger partial charge is 0.322 e. The first-order chi connectivity index (χ1) is 14.3. The van der Waals surface area contributed by atoms with E-state index in [4.69, 9.17) is 16.3 Å². The van der Waals surface area contributed by atoms with Crippen molar-refractivity contribution < 1.29 is 23.1 Å². The molecule has 1 N–H and O–H groups in total. The lowest BCUT2D eigenvalue weighted by Gasteiger charge is -2.25. The van der Waals surface area contributed by atoms with Crippen molar-refractivity contribution in [1.82, 2.24) is 4.31 Å². The minimum Gasteiger partial charge on any atom is -0.480 e. The SMILES string of the molecule is CN([C@@H](Cc1ccccc1Oc1ccccc1)C(=O)O)S(=O)(=O)c1ccc(Cl)cc1. The van der Waals surface area contributed by atoms with E-state index in [0.29, 0.717) is 22.1 Å². The zero-order chi connectivity index (χ0) is 21.7. The molecular weight excluding hydrogens is 426 g/mol. The standard InChI is InChI=1S/C22H20ClNO5S/c1-24(30(27,28)19-13-11-17(23)12-14-19)20(22(25)26)15-16-7-5-6-10-21(16)29-18-8-3-2-4-9-18/h2-14,20H,15H2,1H3,(H,25,26)/t20-/m0/s1. The van der Waals surface area contributed by atoms with Crippen molar-refractivity contribution >= 4 is 27.6 Å². The average molecular weight is 446 g/mol. The van der Waals surface area contributed by atoms with Crippen LogP contribution in [0.1, 0.15) is 5.56 Å². The Morgan fingerprint density at radius 3 is 2.23 bits per heavy atom. The van der Waals surface area contributed by atoms with E-state index >= 15 is 0 Å². The number of nitrogens with zero attached hydrogens (tertiary/aromatic N) is 1. The summed E-state index contributed by atoms with van der Waals surface area (Å²) in [5, 5.41) is 10.2. The van der Waals surface area contributed by atoms with E-state index in [-0.39, 0.29) is 11.3 Å². The Bertz CT molecular complexity index is 1120. The molecular formula is C22H20ClNO5S. The summed E-state index contributed by atoms with van der Waals surface area (Å²) in [5.41, 5.74) is 0.576. The molecule has 0 aliphatic carbocycles. The van der Waals surface area contributed by atoms with Gasteiger partial charge in [-0.1, -0.05) is 48.0 Å². The van der Waals surface area contributed by atoms with Crippen LogP contribution >= 0.6 is 11.6 Å². The Kier molecular flexibility index (Phi) is 6.77. The van der Waals surface area contributed by atoms with Crippen LogP contribution in [0.15, 0.2) is 83.8 Å². The molecule has 3 rings (SSSR count). The Balaban J connectivity index is 1.89. The molecule has 0 radical (unpaired) electrons. The fourth-order valence-electron chi connectivity index (χ4n) is 2.91. The van der Waals surface area contributed by atoms with Gasteiger partial charge in [-0.25, -0.2) is 8.42 Å². The highest BCUT2D eigenvalue weighted by molar-refractivity contribution is 7.89. The molecule has 30 heavy (non-hydrogen) atoms. The number of hydrogen-bond acceptors (Lipinski definition) is 4. The molecule has 0 saturated carbocycles. The highest BCUT2D eigenvalue weighted by Crippen LogP contribution is 2.28. The molecule has 0 unspecified atom stereocenters. The monoisotopic (exact) mass is 445 g/mol. The van der Waals surface area contributed by atoms with Crippen LogP contribution in [0.25, 0.3) is 0 Å². The number of benzene rings is 3. The van der Waals surface area contributed by atoms with Gasteiger partial charge in [0.05, 0.1) is 4.90 Å². The molecule has 0 amide bonds. The van der Waals surface area contributed by atoms with E-state index in [0.717, 1.165) is 4.31 Å². The largest absolute Gasteiger partial charge is 0.480 e. The van der Waals surface area contributed by atoms with Crippen molar-refractivity contribution in [3.05, 3.63) is 89.4 Å². The maximum Gasteiger partial charge on any atom is 0.322 e. The van der Waals surface area contributed by atoms with Crippen molar-refractivity contribution in [2.75, 3.05) is 7.05 Å². The minimum atomic E-state index is -4.04. The van der Waals surface area contributed by atoms with Crippen molar-refractivity contribution in [2.45, 2.75) is 17.4 Å². The van der Waals surface area contributed by atoms with Crippen molar-refractivity contribution in [3.63, 3.8) is 0 Å². The summed E-state index contributed by atoms with van der Waals surface area (Å²) in [4.78, 5) is 11.9. The molecule has 0 aromatic heterocycles. The molecule has 1 atom stereocenters. The van der Waals surface area contributed by atoms with Crippen LogP contribution in [0.2, 0.25) is 5.02 Å². The summed E-state index contributed by atoms with van der Waals surface area (Å²) in [6, 6.07) is 20.3. The van der Waals surface area contributed by atoms with Crippen molar-refractivity contribution in [2.24, 2.45) is 0 Å². The van der Waals surface area contributed by atoms with E-state index < -0.39 is 22.0 Å². The molecule has 0 aliphatic heterocycles. The van der Waals surface area contributed by atoms with Crippen LogP contribution in [-0.4, -0.2) is 36.9 Å². The van der Waals surface area contributed by atoms with Gasteiger partial charge in [0.2, 0.25) is 10.0 Å². The van der Waals surface area contributed by atoms with Gasteiger partial charge in [0.15, 0.2) is 0 Å². The number of sulfonamides is 1. The molecule has 0 heterocycles. The second-order valence-electron chi connectivity index (χ2n) is 6.56. The molecule has 6 nitrogen and oxygen atoms in total. The normalized spacial score (nSPS) is 12.5. The third-order valence-electron chi connectivity index (χ3n) is 4.57. The number of likely N-dealkylation sites (N-methyl/N-ethyl adjacent to an activating group) is 1. The van der Waals surface area contributed by atoms with Gasteiger partial charge < -0.3 is 9.84 Å². The first-order valence-corrected chi connectivity index (χ1v) is 10.9. The predicted molar refractivity (Wildman–Crippen MR) is 114 cm³/mol. The zero-order valence-electron chi connectivity index (χ0n) is 16.1. The summed E-state index contributed by atoms with van der Waals surface area (Å²) >= 11 is 5.83. The van der Waals surface area contributed by atoms with E-state index in [1.165, 1.54) is 31.3 Å². The summed E-state index contributed by atoms with van der Waals surface area (Å²) in [6.45, 7) is 0. The van der Waals surface area contributed by atoms with E-state index in [2.05, 4.69) is 0 Å². The van der Waals surface area contributed by atoms with Crippen LogP contribution in [0.4, 0.5) is 0 Å². The van der Waals surface area contributed by atoms with E-state index in [1.54, 1.807) is 36.4 Å². The number of para-hydroxylation sites is 2. The van der Waals surface area contributed by atoms with Crippen LogP contribution in [0, 0.1) is 0 Å². The topological polar surface area (TPSA) is 83.9 Å². The fraction of sp³-hybridized carbons (Fsp3) is 0.136. The molecule has 0 aliphatic rings. The number of rotatable bonds is 8. The second-order valence-corrected chi connectivity index (χ2v) is 8.99. The van der Waals surface area contributed by atoms with Crippen LogP contribution < -0.4 is 4.74 Å². The number of carbonyl (C=O) groups is 1. The third-order valence-corrected chi connectivity index (χ3v) is 6.70. The first kappa shape index (κ1) is 21.8. The summed E-state index contributed by atoms with van der Waals surface area (Å²) < 4.78 is 32.6. The van der Waals surface area contributed by atoms with Crippen LogP contribution in [0.5, 0.6) is 11.5 Å². The highest BCUT2D eigenvalue weighted by Gasteiger charge is 2.33. The molecule has 0 saturated heterocycles. The lowest BCUT2D eigenvalue weighted by Crippen LogP contribution is -2.43. The Morgan fingerprint density at radius 2 is 1.60 bits per heavy atom. The minimum absolute atomic E-state index is 0.0329. The van der Waals surface area contributed by atoms with E-state index in [9.17, 15) is 18.3 Å². The number of ether oxygens (including phenoxy) is 1. The van der Waals surface area contributed by atoms with Crippen molar-refractivity contribution in [3.8, 4) is 11.5 Å². The van der Waals surface area contributed by atoms with Gasteiger partial charge >= 0.3 is 5.97 Å². The van der Waals surface area contributed by atoms with Gasteiger partial charge in [0.25, 0.3) is 0 Å². The van der Waals surface area contributed by atoms with Crippen LogP contribution in [-0.2, 0) is 21.2 Å². The third kappa shape index (κ3) is 4.99. The Hall–Kier alpha value is -2.87. The van der Waals surface area contributed by atoms with Gasteiger partial charge in [-0.3, -0.25) is 4.79 Å². The zero-order valence-corrected chi connectivity index (χ0v) is 17.7. The molecule has 0 spiro atoms. The van der Waals surface area contributed by atoms with Gasteiger partial charge in [-0.05, 0) is 48.0 Å². The molecule has 0 fully saturated rings. The van der Waals surface area contributed by atoms with Gasteiger partial charge in [0, 0.05) is 18.5 Å². The summed E-state index contributed by atoms with van der Waals surface area (Å²) in [7, 11) is -2.79. The lowest BCUT2D eigenvalue weighted by atomic mass is 10.1. The number of aliphatic carboxylic acids is 1. The number of hydrogen-bond donors (Lipinski definition) is 1. The summed E-state index contributed by atoms with van der Waals surface area (Å²) in [6.07, 6.45) is -0.0678. The Morgan fingerprint density at radius 1 is 1.00 bits per heavy atom. The first-order valence-electron chi connectivity index (χ1n) is 9.06. The number of carboxylic acid groups (broad SMARTS) is 1. The molecule has 3 aromatic carbocycles. The van der Waals surface area contributed by atoms with Gasteiger partial charge in [0.1, 0.15) is 17.5 Å². The fourth-order valence-corrected chi connectivity index (χ4v) is 4.35. The maximum atomic E-state index is 12.9. The quantitative estimate of drug-likeness (QED) is 0.553. The maximum absolute atomic E-state index is 12.9. The van der Waals surface area contributed by atoms with Gasteiger partial charge in [-0.15, -0.1) is 0 Å². The number of halogens is 1. The average Bonchev–Trinajstić information content (AvgIpc) is 2.73.